The van der Waals surface area contributed by atoms with Gasteiger partial charge in [-0.15, -0.1) is 0 Å². The number of nitrogens with zero attached hydrogens (tertiary/aromatic N) is 1. The molecule has 154 valence electrons. The summed E-state index contributed by atoms with van der Waals surface area (Å²) in [7, 11) is 0. The minimum atomic E-state index is 0.913. The topological polar surface area (TPSA) is 33.9 Å². The molecule has 3 aromatic heterocycles. The van der Waals surface area contributed by atoms with Crippen molar-refractivity contribution in [2.45, 2.75) is 0 Å². The number of nitrogens with one attached hydrogen (secondary N) is 1. The maximum Gasteiger partial charge on any atom is 0.160 e. The van der Waals surface area contributed by atoms with E-state index in [0.29, 0.717) is 0 Å². The van der Waals surface area contributed by atoms with E-state index in [1.165, 1.54) is 27.1 Å². The largest absolute Gasteiger partial charge is 0.452 e. The van der Waals surface area contributed by atoms with Crippen LogP contribution in [0, 0.1) is 0 Å². The van der Waals surface area contributed by atoms with E-state index in [2.05, 4.69) is 113 Å². The van der Waals surface area contributed by atoms with Crippen molar-refractivity contribution in [1.29, 1.82) is 0 Å². The van der Waals surface area contributed by atoms with Crippen LogP contribution in [0.5, 0.6) is 0 Å². The quantitative estimate of drug-likeness (QED) is 0.283. The van der Waals surface area contributed by atoms with Crippen LogP contribution in [0.3, 0.4) is 0 Å². The van der Waals surface area contributed by atoms with E-state index in [1.807, 2.05) is 0 Å². The van der Waals surface area contributed by atoms with Gasteiger partial charge in [-0.1, -0.05) is 66.7 Å². The lowest BCUT2D eigenvalue weighted by atomic mass is 10.1. The van der Waals surface area contributed by atoms with Crippen molar-refractivity contribution in [1.82, 2.24) is 9.55 Å². The lowest BCUT2D eigenvalue weighted by Gasteiger charge is -2.07. The van der Waals surface area contributed by atoms with E-state index in [0.717, 1.165) is 44.2 Å². The highest BCUT2D eigenvalue weighted by Gasteiger charge is 2.20. The molecule has 0 atom stereocenters. The molecule has 3 nitrogen and oxygen atoms in total. The van der Waals surface area contributed by atoms with Crippen LogP contribution in [0.15, 0.2) is 108 Å². The second-order valence-corrected chi connectivity index (χ2v) is 8.66. The van der Waals surface area contributed by atoms with Gasteiger partial charge in [-0.2, -0.15) is 0 Å². The Balaban J connectivity index is 1.61. The molecule has 0 amide bonds. The highest BCUT2D eigenvalue weighted by atomic mass is 16.3. The Morgan fingerprint density at radius 3 is 2.06 bits per heavy atom. The first kappa shape index (κ1) is 17.1. The number of aromatic nitrogens is 2. The van der Waals surface area contributed by atoms with Crippen LogP contribution in [0.4, 0.5) is 0 Å². The number of para-hydroxylation sites is 3. The molecule has 8 aromatic rings. The van der Waals surface area contributed by atoms with Crippen LogP contribution in [-0.2, 0) is 0 Å². The molecule has 0 bridgehead atoms. The van der Waals surface area contributed by atoms with Crippen molar-refractivity contribution in [2.24, 2.45) is 0 Å². The van der Waals surface area contributed by atoms with E-state index in [9.17, 15) is 0 Å². The Bertz CT molecular complexity index is 2020. The molecule has 1 N–H and O–H groups in total. The zero-order chi connectivity index (χ0) is 21.5. The van der Waals surface area contributed by atoms with Crippen molar-refractivity contribution in [2.75, 3.05) is 0 Å². The van der Waals surface area contributed by atoms with Crippen LogP contribution in [0.25, 0.3) is 71.2 Å². The van der Waals surface area contributed by atoms with Crippen molar-refractivity contribution in [3.05, 3.63) is 103 Å². The van der Waals surface area contributed by atoms with Gasteiger partial charge in [0, 0.05) is 43.5 Å². The molecule has 0 spiro atoms. The summed E-state index contributed by atoms with van der Waals surface area (Å²) in [6.07, 6.45) is 0. The fraction of sp³-hybridized carbons (Fsp3) is 0. The highest BCUT2D eigenvalue weighted by Crippen LogP contribution is 2.42. The highest BCUT2D eigenvalue weighted by molar-refractivity contribution is 6.25. The van der Waals surface area contributed by atoms with Gasteiger partial charge in [-0.05, 0) is 36.4 Å². The van der Waals surface area contributed by atoms with E-state index in [1.54, 1.807) is 0 Å². The third kappa shape index (κ3) is 2.14. The summed E-state index contributed by atoms with van der Waals surface area (Å²) >= 11 is 0. The molecule has 0 aliphatic carbocycles. The second kappa shape index (κ2) is 6.05. The maximum atomic E-state index is 6.75. The third-order valence-corrected chi connectivity index (χ3v) is 6.93. The van der Waals surface area contributed by atoms with Gasteiger partial charge >= 0.3 is 0 Å². The summed E-state index contributed by atoms with van der Waals surface area (Å²) < 4.78 is 9.08. The van der Waals surface area contributed by atoms with Crippen molar-refractivity contribution >= 4 is 65.6 Å². The van der Waals surface area contributed by atoms with Crippen LogP contribution < -0.4 is 0 Å². The Kier molecular flexibility index (Phi) is 3.14. The van der Waals surface area contributed by atoms with Gasteiger partial charge in [0.1, 0.15) is 0 Å². The minimum Gasteiger partial charge on any atom is -0.452 e. The van der Waals surface area contributed by atoms with Gasteiger partial charge in [0.25, 0.3) is 0 Å². The Morgan fingerprint density at radius 2 is 1.18 bits per heavy atom. The van der Waals surface area contributed by atoms with Crippen LogP contribution in [0.1, 0.15) is 0 Å². The fourth-order valence-electron chi connectivity index (χ4n) is 5.50. The van der Waals surface area contributed by atoms with Crippen LogP contribution in [0.2, 0.25) is 0 Å². The number of benzene rings is 5. The number of furan rings is 1. The zero-order valence-electron chi connectivity index (χ0n) is 17.7. The number of aromatic amines is 1. The number of hydrogen-bond acceptors (Lipinski definition) is 1. The second-order valence-electron chi connectivity index (χ2n) is 8.66. The average Bonchev–Trinajstić information content (AvgIpc) is 3.53. The van der Waals surface area contributed by atoms with Gasteiger partial charge in [0.05, 0.1) is 16.6 Å². The molecule has 0 saturated carbocycles. The molecule has 0 aliphatic heterocycles. The molecular formula is C30H18N2O. The van der Waals surface area contributed by atoms with E-state index in [4.69, 9.17) is 4.42 Å². The fourth-order valence-corrected chi connectivity index (χ4v) is 5.50. The van der Waals surface area contributed by atoms with Gasteiger partial charge in [-0.25, -0.2) is 0 Å². The smallest absolute Gasteiger partial charge is 0.160 e. The molecule has 0 fully saturated rings. The first-order valence-corrected chi connectivity index (χ1v) is 11.2. The molecule has 0 aliphatic rings. The third-order valence-electron chi connectivity index (χ3n) is 6.93. The number of rotatable bonds is 1. The minimum absolute atomic E-state index is 0.913. The maximum absolute atomic E-state index is 6.75. The Labute approximate surface area is 188 Å². The summed E-state index contributed by atoms with van der Waals surface area (Å²) in [5, 5.41) is 7.12. The van der Waals surface area contributed by atoms with Gasteiger partial charge in [0.2, 0.25) is 0 Å². The molecule has 5 aromatic carbocycles. The number of hydrogen-bond donors (Lipinski definition) is 1. The lowest BCUT2D eigenvalue weighted by molar-refractivity contribution is 0.674. The van der Waals surface area contributed by atoms with Crippen LogP contribution >= 0.6 is 0 Å². The molecule has 0 radical (unpaired) electrons. The van der Waals surface area contributed by atoms with Gasteiger partial charge < -0.3 is 14.0 Å². The van der Waals surface area contributed by atoms with Gasteiger partial charge in [-0.3, -0.25) is 0 Å². The summed E-state index contributed by atoms with van der Waals surface area (Å²) in [5.41, 5.74) is 7.45. The predicted molar refractivity (Wildman–Crippen MR) is 137 cm³/mol. The van der Waals surface area contributed by atoms with Crippen LogP contribution in [-0.4, -0.2) is 9.55 Å². The van der Waals surface area contributed by atoms with Crippen molar-refractivity contribution < 1.29 is 4.42 Å². The molecule has 33 heavy (non-hydrogen) atoms. The van der Waals surface area contributed by atoms with Crippen molar-refractivity contribution in [3.8, 4) is 5.69 Å². The molecular weight excluding hydrogens is 404 g/mol. The summed E-state index contributed by atoms with van der Waals surface area (Å²) in [6.45, 7) is 0. The molecule has 0 unspecified atom stereocenters. The molecule has 0 saturated heterocycles. The molecule has 8 rings (SSSR count). The zero-order valence-corrected chi connectivity index (χ0v) is 17.7. The Morgan fingerprint density at radius 1 is 0.515 bits per heavy atom. The first-order chi connectivity index (χ1) is 16.4. The Hall–Kier alpha value is -4.50. The van der Waals surface area contributed by atoms with E-state index >= 15 is 0 Å². The average molecular weight is 422 g/mol. The lowest BCUT2D eigenvalue weighted by Crippen LogP contribution is -1.93. The normalized spacial score (nSPS) is 12.2. The monoisotopic (exact) mass is 422 g/mol. The standard InChI is InChI=1S/C30H18N2O/c1-2-8-18(9-3-1)32-26-13-7-5-11-20(26)22-15-17-24-23-16-14-21-19-10-4-6-12-25(19)31-27(21)29(23)33-30(24)28(22)32/h1-17,31H. The number of H-pyrrole nitrogens is 1. The SMILES string of the molecule is c1ccc(-n2c3ccccc3c3ccc4c5ccc6c7ccccc7[nH]c6c5oc4c32)cc1. The summed E-state index contributed by atoms with van der Waals surface area (Å²) in [4.78, 5) is 3.60. The predicted octanol–water partition coefficient (Wildman–Crippen LogP) is 8.32. The van der Waals surface area contributed by atoms with E-state index < -0.39 is 0 Å². The molecule has 3 heterocycles. The summed E-state index contributed by atoms with van der Waals surface area (Å²) in [5.74, 6) is 0. The molecule has 3 heteroatoms. The number of fused-ring (bicyclic) bond motifs is 11. The summed E-state index contributed by atoms with van der Waals surface area (Å²) in [6, 6.07) is 36.4. The van der Waals surface area contributed by atoms with Gasteiger partial charge in [0.15, 0.2) is 11.2 Å². The van der Waals surface area contributed by atoms with Crippen molar-refractivity contribution in [3.63, 3.8) is 0 Å². The van der Waals surface area contributed by atoms with E-state index in [-0.39, 0.29) is 0 Å². The first-order valence-electron chi connectivity index (χ1n) is 11.2.